The zero-order chi connectivity index (χ0) is 12.5. The lowest BCUT2D eigenvalue weighted by atomic mass is 9.86. The van der Waals surface area contributed by atoms with Gasteiger partial charge in [0, 0.05) is 6.54 Å². The van der Waals surface area contributed by atoms with Crippen molar-refractivity contribution in [1.82, 2.24) is 5.32 Å². The quantitative estimate of drug-likeness (QED) is 0.847. The van der Waals surface area contributed by atoms with Gasteiger partial charge >= 0.3 is 0 Å². The molecule has 2 nitrogen and oxygen atoms in total. The Morgan fingerprint density at radius 3 is 2.65 bits per heavy atom. The maximum Gasteiger partial charge on any atom is 0.123 e. The Labute approximate surface area is 104 Å². The minimum absolute atomic E-state index is 0.134. The number of nitrogens with one attached hydrogen (secondary N) is 1. The normalized spacial score (nSPS) is 20.6. The number of rotatable bonds is 2. The van der Waals surface area contributed by atoms with E-state index in [0.717, 1.165) is 25.3 Å². The topological polar surface area (TPSA) is 21.3 Å². The molecule has 1 aromatic carbocycles. The zero-order valence-electron chi connectivity index (χ0n) is 11.3. The number of hydrogen-bond acceptors (Lipinski definition) is 2. The lowest BCUT2D eigenvalue weighted by Crippen LogP contribution is -2.22. The van der Waals surface area contributed by atoms with E-state index in [1.807, 2.05) is 0 Å². The summed E-state index contributed by atoms with van der Waals surface area (Å²) in [7, 11) is 0. The summed E-state index contributed by atoms with van der Waals surface area (Å²) in [6, 6.07) is 6.53. The Balaban J connectivity index is 2.26. The van der Waals surface area contributed by atoms with Gasteiger partial charge in [-0.1, -0.05) is 32.9 Å². The molecule has 0 aliphatic carbocycles. The van der Waals surface area contributed by atoms with Gasteiger partial charge in [0.1, 0.15) is 11.9 Å². The summed E-state index contributed by atoms with van der Waals surface area (Å²) in [6.45, 7) is 10.9. The number of benzene rings is 1. The summed E-state index contributed by atoms with van der Waals surface area (Å²) in [6.07, 6.45) is 1.44. The van der Waals surface area contributed by atoms with Crippen LogP contribution in [-0.2, 0) is 5.41 Å². The molecular formula is C15H23NO. The molecule has 1 atom stereocenters. The predicted octanol–water partition coefficient (Wildman–Crippen LogP) is 3.03. The van der Waals surface area contributed by atoms with Gasteiger partial charge in [0.25, 0.3) is 0 Å². The smallest absolute Gasteiger partial charge is 0.123 e. The van der Waals surface area contributed by atoms with Crippen molar-refractivity contribution in [1.29, 1.82) is 0 Å². The van der Waals surface area contributed by atoms with Crippen LogP contribution in [0.1, 0.15) is 38.3 Å². The van der Waals surface area contributed by atoms with Crippen LogP contribution in [0, 0.1) is 6.92 Å². The van der Waals surface area contributed by atoms with Crippen LogP contribution in [0.5, 0.6) is 5.75 Å². The molecule has 2 heteroatoms. The van der Waals surface area contributed by atoms with E-state index < -0.39 is 0 Å². The molecule has 0 radical (unpaired) electrons. The van der Waals surface area contributed by atoms with Crippen LogP contribution in [0.25, 0.3) is 0 Å². The molecular weight excluding hydrogens is 210 g/mol. The van der Waals surface area contributed by atoms with Gasteiger partial charge in [-0.25, -0.2) is 0 Å². The van der Waals surface area contributed by atoms with Crippen molar-refractivity contribution >= 4 is 0 Å². The largest absolute Gasteiger partial charge is 0.489 e. The third kappa shape index (κ3) is 3.01. The van der Waals surface area contributed by atoms with Gasteiger partial charge < -0.3 is 10.1 Å². The monoisotopic (exact) mass is 233 g/mol. The van der Waals surface area contributed by atoms with Crippen molar-refractivity contribution in [3.05, 3.63) is 29.3 Å². The van der Waals surface area contributed by atoms with Crippen molar-refractivity contribution < 1.29 is 4.74 Å². The molecule has 2 rings (SSSR count). The Morgan fingerprint density at radius 1 is 1.29 bits per heavy atom. The number of hydrogen-bond donors (Lipinski definition) is 1. The lowest BCUT2D eigenvalue weighted by molar-refractivity contribution is 0.218. The van der Waals surface area contributed by atoms with Gasteiger partial charge in [-0.3, -0.25) is 0 Å². The molecule has 1 aromatic rings. The van der Waals surface area contributed by atoms with Crippen molar-refractivity contribution in [3.8, 4) is 5.75 Å². The molecule has 1 aliphatic heterocycles. The van der Waals surface area contributed by atoms with Gasteiger partial charge in [-0.05, 0) is 42.5 Å². The molecule has 94 valence electrons. The van der Waals surface area contributed by atoms with Gasteiger partial charge in [-0.15, -0.1) is 0 Å². The maximum absolute atomic E-state index is 6.15. The average Bonchev–Trinajstić information content (AvgIpc) is 2.68. The van der Waals surface area contributed by atoms with Crippen LogP contribution >= 0.6 is 0 Å². The molecule has 1 aliphatic rings. The van der Waals surface area contributed by atoms with E-state index in [9.17, 15) is 0 Å². The predicted molar refractivity (Wildman–Crippen MR) is 71.8 cm³/mol. The van der Waals surface area contributed by atoms with E-state index in [4.69, 9.17) is 4.74 Å². The first kappa shape index (κ1) is 12.4. The fraction of sp³-hybridized carbons (Fsp3) is 0.600. The molecule has 1 saturated heterocycles. The first-order chi connectivity index (χ1) is 7.97. The standard InChI is InChI=1S/C15H23NO/c1-11-5-6-13(15(2,3)4)14(9-11)17-12-7-8-16-10-12/h5-6,9,12,16H,7-8,10H2,1-4H3/t12-/m0/s1. The van der Waals surface area contributed by atoms with Gasteiger partial charge in [-0.2, -0.15) is 0 Å². The highest BCUT2D eigenvalue weighted by Crippen LogP contribution is 2.33. The molecule has 1 heterocycles. The molecule has 0 amide bonds. The average molecular weight is 233 g/mol. The van der Waals surface area contributed by atoms with Crippen LogP contribution in [0.2, 0.25) is 0 Å². The second-order valence-corrected chi connectivity index (χ2v) is 5.98. The number of ether oxygens (including phenoxy) is 1. The molecule has 1 N–H and O–H groups in total. The lowest BCUT2D eigenvalue weighted by Gasteiger charge is -2.25. The van der Waals surface area contributed by atoms with Crippen molar-refractivity contribution in [2.24, 2.45) is 0 Å². The van der Waals surface area contributed by atoms with Crippen LogP contribution in [-0.4, -0.2) is 19.2 Å². The molecule has 17 heavy (non-hydrogen) atoms. The fourth-order valence-electron chi connectivity index (χ4n) is 2.25. The summed E-state index contributed by atoms with van der Waals surface area (Å²) < 4.78 is 6.15. The van der Waals surface area contributed by atoms with Gasteiger partial charge in [0.2, 0.25) is 0 Å². The Hall–Kier alpha value is -1.02. The minimum Gasteiger partial charge on any atom is -0.489 e. The van der Waals surface area contributed by atoms with Crippen LogP contribution in [0.15, 0.2) is 18.2 Å². The van der Waals surface area contributed by atoms with E-state index in [-0.39, 0.29) is 5.41 Å². The maximum atomic E-state index is 6.15. The minimum atomic E-state index is 0.134. The molecule has 0 saturated carbocycles. The summed E-state index contributed by atoms with van der Waals surface area (Å²) in [5.41, 5.74) is 2.70. The highest BCUT2D eigenvalue weighted by atomic mass is 16.5. The summed E-state index contributed by atoms with van der Waals surface area (Å²) in [5.74, 6) is 1.06. The van der Waals surface area contributed by atoms with E-state index >= 15 is 0 Å². The van der Waals surface area contributed by atoms with Gasteiger partial charge in [0.15, 0.2) is 0 Å². The third-order valence-electron chi connectivity index (χ3n) is 3.25. The third-order valence-corrected chi connectivity index (χ3v) is 3.25. The SMILES string of the molecule is Cc1ccc(C(C)(C)C)c(O[C@H]2CCNC2)c1. The summed E-state index contributed by atoms with van der Waals surface area (Å²) in [5, 5.41) is 3.34. The van der Waals surface area contributed by atoms with E-state index in [1.54, 1.807) is 0 Å². The van der Waals surface area contributed by atoms with Gasteiger partial charge in [0.05, 0.1) is 0 Å². The molecule has 0 unspecified atom stereocenters. The highest BCUT2D eigenvalue weighted by molar-refractivity contribution is 5.41. The van der Waals surface area contributed by atoms with Crippen molar-refractivity contribution in [2.75, 3.05) is 13.1 Å². The summed E-state index contributed by atoms with van der Waals surface area (Å²) in [4.78, 5) is 0. The van der Waals surface area contributed by atoms with Crippen molar-refractivity contribution in [2.45, 2.75) is 45.6 Å². The fourth-order valence-corrected chi connectivity index (χ4v) is 2.25. The van der Waals surface area contributed by atoms with Crippen molar-refractivity contribution in [3.63, 3.8) is 0 Å². The highest BCUT2D eigenvalue weighted by Gasteiger charge is 2.22. The zero-order valence-corrected chi connectivity index (χ0v) is 11.3. The first-order valence-corrected chi connectivity index (χ1v) is 6.45. The second-order valence-electron chi connectivity index (χ2n) is 5.98. The Kier molecular flexibility index (Phi) is 3.43. The molecule has 0 bridgehead atoms. The van der Waals surface area contributed by atoms with E-state index in [0.29, 0.717) is 6.10 Å². The first-order valence-electron chi connectivity index (χ1n) is 6.45. The van der Waals surface area contributed by atoms with Crippen LogP contribution < -0.4 is 10.1 Å². The number of aryl methyl sites for hydroxylation is 1. The van der Waals surface area contributed by atoms with Crippen LogP contribution in [0.3, 0.4) is 0 Å². The molecule has 0 aromatic heterocycles. The summed E-state index contributed by atoms with van der Waals surface area (Å²) >= 11 is 0. The molecule has 1 fully saturated rings. The van der Waals surface area contributed by atoms with E-state index in [1.165, 1.54) is 11.1 Å². The molecule has 0 spiro atoms. The second kappa shape index (κ2) is 4.69. The Morgan fingerprint density at radius 2 is 2.06 bits per heavy atom. The Bertz CT molecular complexity index is 386. The van der Waals surface area contributed by atoms with Crippen LogP contribution in [0.4, 0.5) is 0 Å². The van der Waals surface area contributed by atoms with E-state index in [2.05, 4.69) is 51.2 Å².